The predicted octanol–water partition coefficient (Wildman–Crippen LogP) is 5.18. The molecule has 5 heteroatoms. The highest BCUT2D eigenvalue weighted by Gasteiger charge is 2.49. The third-order valence-electron chi connectivity index (χ3n) is 5.93. The Kier molecular flexibility index (Phi) is 6.84. The number of hydrogen-bond acceptors (Lipinski definition) is 5. The second-order valence-corrected chi connectivity index (χ2v) is 8.28. The molecule has 2 aliphatic heterocycles. The van der Waals surface area contributed by atoms with E-state index in [9.17, 15) is 0 Å². The molecule has 3 aromatic rings. The lowest BCUT2D eigenvalue weighted by Gasteiger charge is -2.25. The summed E-state index contributed by atoms with van der Waals surface area (Å²) in [7, 11) is 0. The predicted molar refractivity (Wildman–Crippen MR) is 124 cm³/mol. The molecule has 0 aromatic heterocycles. The van der Waals surface area contributed by atoms with Crippen molar-refractivity contribution in [3.8, 4) is 0 Å². The third kappa shape index (κ3) is 5.18. The van der Waals surface area contributed by atoms with Gasteiger partial charge >= 0.3 is 0 Å². The highest BCUT2D eigenvalue weighted by molar-refractivity contribution is 5.18. The van der Waals surface area contributed by atoms with Crippen molar-refractivity contribution in [1.82, 2.24) is 0 Å². The minimum Gasteiger partial charge on any atom is -0.487 e. The Morgan fingerprint density at radius 3 is 1.97 bits per heavy atom. The van der Waals surface area contributed by atoms with E-state index < -0.39 is 12.4 Å². The Morgan fingerprint density at radius 2 is 1.33 bits per heavy atom. The molecule has 5 nitrogen and oxygen atoms in total. The van der Waals surface area contributed by atoms with Crippen LogP contribution in [0.5, 0.6) is 0 Å². The van der Waals surface area contributed by atoms with Crippen molar-refractivity contribution in [2.24, 2.45) is 0 Å². The first-order valence-electron chi connectivity index (χ1n) is 11.3. The fraction of sp³-hybridized carbons (Fsp3) is 0.286. The number of rotatable bonds is 8. The van der Waals surface area contributed by atoms with Gasteiger partial charge in [-0.2, -0.15) is 0 Å². The van der Waals surface area contributed by atoms with Crippen LogP contribution in [0.25, 0.3) is 0 Å². The molecule has 33 heavy (non-hydrogen) atoms. The van der Waals surface area contributed by atoms with Crippen LogP contribution in [0.1, 0.15) is 23.0 Å². The van der Waals surface area contributed by atoms with Gasteiger partial charge in [0.2, 0.25) is 0 Å². The van der Waals surface area contributed by atoms with Gasteiger partial charge in [0.1, 0.15) is 24.1 Å². The van der Waals surface area contributed by atoms with E-state index in [4.69, 9.17) is 23.7 Å². The molecule has 0 radical (unpaired) electrons. The molecule has 0 amide bonds. The Hall–Kier alpha value is -2.96. The van der Waals surface area contributed by atoms with Crippen molar-refractivity contribution in [2.75, 3.05) is 6.61 Å². The largest absolute Gasteiger partial charge is 0.487 e. The molecule has 5 atom stereocenters. The SMILES string of the molecule is C=C1O[C@H](C2COC(c3ccccc3)O2)[C@H](OCc2ccccc2)[C@H]1OCc1ccccc1. The van der Waals surface area contributed by atoms with Crippen molar-refractivity contribution < 1.29 is 23.7 Å². The average Bonchev–Trinajstić information content (AvgIpc) is 3.48. The maximum atomic E-state index is 6.38. The van der Waals surface area contributed by atoms with Crippen molar-refractivity contribution >= 4 is 0 Å². The van der Waals surface area contributed by atoms with Crippen LogP contribution < -0.4 is 0 Å². The monoisotopic (exact) mass is 444 g/mol. The molecule has 0 aliphatic carbocycles. The van der Waals surface area contributed by atoms with Crippen LogP contribution in [0.2, 0.25) is 0 Å². The molecule has 0 N–H and O–H groups in total. The van der Waals surface area contributed by atoms with Gasteiger partial charge in [-0.3, -0.25) is 0 Å². The molecule has 2 saturated heterocycles. The molecular weight excluding hydrogens is 416 g/mol. The molecule has 2 aliphatic rings. The summed E-state index contributed by atoms with van der Waals surface area (Å²) in [5.74, 6) is 0.556. The lowest BCUT2D eigenvalue weighted by molar-refractivity contribution is -0.121. The topological polar surface area (TPSA) is 46.2 Å². The van der Waals surface area contributed by atoms with Crippen LogP contribution in [0.3, 0.4) is 0 Å². The highest BCUT2D eigenvalue weighted by atomic mass is 16.7. The second kappa shape index (κ2) is 10.3. The van der Waals surface area contributed by atoms with Gasteiger partial charge in [-0.15, -0.1) is 0 Å². The van der Waals surface area contributed by atoms with Crippen LogP contribution in [0.15, 0.2) is 103 Å². The van der Waals surface area contributed by atoms with E-state index in [1.165, 1.54) is 0 Å². The van der Waals surface area contributed by atoms with Crippen LogP contribution in [0, 0.1) is 0 Å². The number of benzene rings is 3. The molecule has 170 valence electrons. The summed E-state index contributed by atoms with van der Waals surface area (Å²) in [6.07, 6.45) is -1.87. The van der Waals surface area contributed by atoms with Gasteiger partial charge < -0.3 is 23.7 Å². The summed E-state index contributed by atoms with van der Waals surface area (Å²) < 4.78 is 31.0. The number of hydrogen-bond donors (Lipinski definition) is 0. The van der Waals surface area contributed by atoms with Gasteiger partial charge in [0.05, 0.1) is 19.8 Å². The first-order chi connectivity index (χ1) is 16.3. The van der Waals surface area contributed by atoms with E-state index in [2.05, 4.69) is 6.58 Å². The van der Waals surface area contributed by atoms with Gasteiger partial charge in [0, 0.05) is 5.56 Å². The van der Waals surface area contributed by atoms with E-state index in [0.717, 1.165) is 16.7 Å². The van der Waals surface area contributed by atoms with Crippen LogP contribution in [-0.2, 0) is 36.9 Å². The zero-order chi connectivity index (χ0) is 22.5. The highest BCUT2D eigenvalue weighted by Crippen LogP contribution is 2.37. The summed E-state index contributed by atoms with van der Waals surface area (Å²) in [6.45, 7) is 5.43. The Bertz CT molecular complexity index is 1020. The van der Waals surface area contributed by atoms with E-state index in [1.807, 2.05) is 91.0 Å². The Labute approximate surface area is 194 Å². The zero-order valence-electron chi connectivity index (χ0n) is 18.4. The van der Waals surface area contributed by atoms with Crippen LogP contribution in [-0.4, -0.2) is 31.0 Å². The van der Waals surface area contributed by atoms with Crippen molar-refractivity contribution in [3.63, 3.8) is 0 Å². The van der Waals surface area contributed by atoms with Gasteiger partial charge in [-0.05, 0) is 11.1 Å². The summed E-state index contributed by atoms with van der Waals surface area (Å²) in [6, 6.07) is 30.1. The van der Waals surface area contributed by atoms with E-state index in [-0.39, 0.29) is 18.3 Å². The maximum Gasteiger partial charge on any atom is 0.184 e. The Balaban J connectivity index is 1.31. The molecule has 3 aromatic carbocycles. The molecule has 2 fully saturated rings. The van der Waals surface area contributed by atoms with E-state index >= 15 is 0 Å². The molecule has 0 saturated carbocycles. The van der Waals surface area contributed by atoms with Gasteiger partial charge in [0.15, 0.2) is 12.4 Å². The normalized spacial score (nSPS) is 26.9. The van der Waals surface area contributed by atoms with Crippen molar-refractivity contribution in [2.45, 2.75) is 43.9 Å². The van der Waals surface area contributed by atoms with Crippen molar-refractivity contribution in [3.05, 3.63) is 120 Å². The van der Waals surface area contributed by atoms with Gasteiger partial charge in [-0.1, -0.05) is 97.6 Å². The maximum absolute atomic E-state index is 6.38. The minimum atomic E-state index is -0.424. The minimum absolute atomic E-state index is 0.293. The quantitative estimate of drug-likeness (QED) is 0.479. The van der Waals surface area contributed by atoms with Crippen molar-refractivity contribution in [1.29, 1.82) is 0 Å². The molecule has 0 bridgehead atoms. The zero-order valence-corrected chi connectivity index (χ0v) is 18.4. The Morgan fingerprint density at radius 1 is 0.758 bits per heavy atom. The summed E-state index contributed by atoms with van der Waals surface area (Å²) in [4.78, 5) is 0. The number of ether oxygens (including phenoxy) is 5. The van der Waals surface area contributed by atoms with Crippen LogP contribution in [0.4, 0.5) is 0 Å². The fourth-order valence-corrected chi connectivity index (χ4v) is 4.23. The third-order valence-corrected chi connectivity index (χ3v) is 5.93. The fourth-order valence-electron chi connectivity index (χ4n) is 4.23. The smallest absolute Gasteiger partial charge is 0.184 e. The summed E-state index contributed by atoms with van der Waals surface area (Å²) in [5.41, 5.74) is 3.15. The van der Waals surface area contributed by atoms with Gasteiger partial charge in [0.25, 0.3) is 0 Å². The lowest BCUT2D eigenvalue weighted by atomic mass is 10.1. The first kappa shape index (κ1) is 21.9. The molecule has 2 unspecified atom stereocenters. The molecule has 2 heterocycles. The van der Waals surface area contributed by atoms with Crippen LogP contribution >= 0.6 is 0 Å². The van der Waals surface area contributed by atoms with Gasteiger partial charge in [-0.25, -0.2) is 0 Å². The molecule has 5 rings (SSSR count). The summed E-state index contributed by atoms with van der Waals surface area (Å²) >= 11 is 0. The second-order valence-electron chi connectivity index (χ2n) is 8.28. The first-order valence-corrected chi connectivity index (χ1v) is 11.3. The average molecular weight is 445 g/mol. The van der Waals surface area contributed by atoms with E-state index in [1.54, 1.807) is 0 Å². The molecular formula is C28H28O5. The lowest BCUT2D eigenvalue weighted by Crippen LogP contribution is -2.42. The standard InChI is InChI=1S/C28H28O5/c1-20-25(29-17-21-11-5-2-6-12-21)27(30-18-22-13-7-3-8-14-22)26(32-20)24-19-31-28(33-24)23-15-9-4-10-16-23/h2-16,24-28H,1,17-19H2/t24?,25-,26+,27+,28?/m0/s1. The van der Waals surface area contributed by atoms with E-state index in [0.29, 0.717) is 25.6 Å². The molecule has 0 spiro atoms. The summed E-state index contributed by atoms with van der Waals surface area (Å²) in [5, 5.41) is 0.